The minimum Gasteiger partial charge on any atom is -0.258 e. The van der Waals surface area contributed by atoms with Gasteiger partial charge in [0.2, 0.25) is 0 Å². The minimum atomic E-state index is -4.35. The van der Waals surface area contributed by atoms with Crippen LogP contribution in [0.4, 0.5) is 23.2 Å². The van der Waals surface area contributed by atoms with E-state index >= 15 is 0 Å². The van der Waals surface area contributed by atoms with Gasteiger partial charge >= 0.3 is 10.8 Å². The number of hydrogen-bond donors (Lipinski definition) is 0. The van der Waals surface area contributed by atoms with Crippen LogP contribution in [-0.2, 0) is 0 Å². The van der Waals surface area contributed by atoms with Crippen molar-refractivity contribution in [3.8, 4) is 0 Å². The molecule has 1 aromatic rings. The maximum absolute atomic E-state index is 12.8. The number of alkyl halides is 5. The maximum Gasteiger partial charge on any atom is 0.367 e. The van der Waals surface area contributed by atoms with Crippen molar-refractivity contribution in [3.63, 3.8) is 0 Å². The molecule has 3 nitrogen and oxygen atoms in total. The van der Waals surface area contributed by atoms with Gasteiger partial charge in [0.05, 0.1) is 4.92 Å². The SMILES string of the molecule is O=[N+]([O-])c1ccc(/C=C/C(F)(F)C(F)(F)Br)cc1. The summed E-state index contributed by atoms with van der Waals surface area (Å²) in [5.74, 6) is -4.35. The molecule has 0 unspecified atom stereocenters. The highest BCUT2D eigenvalue weighted by Gasteiger charge is 2.52. The Labute approximate surface area is 107 Å². The second kappa shape index (κ2) is 5.05. The van der Waals surface area contributed by atoms with Gasteiger partial charge in [0.25, 0.3) is 5.69 Å². The third kappa shape index (κ3) is 3.52. The molecule has 0 saturated heterocycles. The summed E-state index contributed by atoms with van der Waals surface area (Å²) in [4.78, 5) is 5.32. The van der Waals surface area contributed by atoms with E-state index in [4.69, 9.17) is 0 Å². The van der Waals surface area contributed by atoms with Crippen LogP contribution < -0.4 is 0 Å². The molecular weight excluding hydrogens is 322 g/mol. The first-order valence-corrected chi connectivity index (χ1v) is 5.31. The Morgan fingerprint density at radius 1 is 1.17 bits per heavy atom. The zero-order valence-corrected chi connectivity index (χ0v) is 10.2. The van der Waals surface area contributed by atoms with Crippen molar-refractivity contribution in [2.24, 2.45) is 0 Å². The van der Waals surface area contributed by atoms with Crippen molar-refractivity contribution in [2.45, 2.75) is 10.8 Å². The van der Waals surface area contributed by atoms with Crippen LogP contribution in [0.3, 0.4) is 0 Å². The Morgan fingerprint density at radius 3 is 2.06 bits per heavy atom. The third-order valence-electron chi connectivity index (χ3n) is 1.97. The van der Waals surface area contributed by atoms with Gasteiger partial charge in [-0.3, -0.25) is 10.1 Å². The summed E-state index contributed by atoms with van der Waals surface area (Å²) in [5.41, 5.74) is -0.0678. The van der Waals surface area contributed by atoms with E-state index in [2.05, 4.69) is 0 Å². The number of benzene rings is 1. The number of halogens is 5. The molecule has 0 fully saturated rings. The molecular formula is C10H6BrF4NO2. The zero-order valence-electron chi connectivity index (χ0n) is 8.62. The fourth-order valence-electron chi connectivity index (χ4n) is 1.00. The number of rotatable bonds is 4. The van der Waals surface area contributed by atoms with Crippen LogP contribution in [0.15, 0.2) is 30.3 Å². The molecule has 0 amide bonds. The summed E-state index contributed by atoms with van der Waals surface area (Å²) < 4.78 is 50.5. The Balaban J connectivity index is 2.88. The van der Waals surface area contributed by atoms with Crippen LogP contribution in [-0.4, -0.2) is 15.7 Å². The molecule has 0 N–H and O–H groups in total. The number of nitro benzene ring substituents is 1. The fraction of sp³-hybridized carbons (Fsp3) is 0.200. The molecule has 0 aliphatic heterocycles. The molecule has 0 bridgehead atoms. The molecule has 0 spiro atoms. The van der Waals surface area contributed by atoms with Crippen LogP contribution in [0, 0.1) is 10.1 Å². The van der Waals surface area contributed by atoms with Crippen molar-refractivity contribution >= 4 is 27.7 Å². The summed E-state index contributed by atoms with van der Waals surface area (Å²) in [5, 5.41) is 10.3. The van der Waals surface area contributed by atoms with Gasteiger partial charge < -0.3 is 0 Å². The normalized spacial score (nSPS) is 12.9. The molecule has 0 radical (unpaired) electrons. The summed E-state index contributed by atoms with van der Waals surface area (Å²) in [7, 11) is 0. The van der Waals surface area contributed by atoms with E-state index in [0.29, 0.717) is 0 Å². The third-order valence-corrected chi connectivity index (χ3v) is 2.50. The van der Waals surface area contributed by atoms with Crippen LogP contribution in [0.1, 0.15) is 5.56 Å². The van der Waals surface area contributed by atoms with Crippen LogP contribution in [0.5, 0.6) is 0 Å². The molecule has 0 atom stereocenters. The monoisotopic (exact) mass is 327 g/mol. The maximum atomic E-state index is 12.8. The molecule has 0 aliphatic rings. The molecule has 0 saturated carbocycles. The molecule has 8 heteroatoms. The van der Waals surface area contributed by atoms with Gasteiger partial charge in [0.1, 0.15) is 0 Å². The van der Waals surface area contributed by atoms with Crippen molar-refractivity contribution in [1.29, 1.82) is 0 Å². The number of nitrogens with zero attached hydrogens (tertiary/aromatic N) is 1. The predicted octanol–water partition coefficient (Wildman–Crippen LogP) is 4.23. The predicted molar refractivity (Wildman–Crippen MR) is 61.0 cm³/mol. The summed E-state index contributed by atoms with van der Waals surface area (Å²) in [6.07, 6.45) is 0.793. The van der Waals surface area contributed by atoms with Crippen LogP contribution >= 0.6 is 15.9 Å². The van der Waals surface area contributed by atoms with E-state index in [0.717, 1.165) is 18.2 Å². The van der Waals surface area contributed by atoms with Crippen LogP contribution in [0.2, 0.25) is 0 Å². The van der Waals surface area contributed by atoms with Gasteiger partial charge in [-0.2, -0.15) is 17.6 Å². The molecule has 0 heterocycles. The standard InChI is InChI=1S/C10H6BrF4NO2/c11-10(14,15)9(12,13)6-5-7-1-3-8(4-2-7)16(17)18/h1-6H/b6-5+. The summed E-state index contributed by atoms with van der Waals surface area (Å²) in [6.45, 7) is 0. The Bertz CT molecular complexity index is 468. The first kappa shape index (κ1) is 14.6. The minimum absolute atomic E-state index is 0.0307. The number of allylic oxidation sites excluding steroid dienone is 1. The second-order valence-corrected chi connectivity index (χ2v) is 4.30. The van der Waals surface area contributed by atoms with E-state index in [1.165, 1.54) is 12.1 Å². The van der Waals surface area contributed by atoms with E-state index in [-0.39, 0.29) is 17.3 Å². The average Bonchev–Trinajstić information content (AvgIpc) is 2.25. The van der Waals surface area contributed by atoms with Gasteiger partial charge in [-0.05, 0) is 39.7 Å². The summed E-state index contributed by atoms with van der Waals surface area (Å²) >= 11 is 1.58. The van der Waals surface area contributed by atoms with E-state index < -0.39 is 15.7 Å². The fourth-order valence-corrected chi connectivity index (χ4v) is 1.13. The van der Waals surface area contributed by atoms with Gasteiger partial charge in [0, 0.05) is 12.1 Å². The van der Waals surface area contributed by atoms with Gasteiger partial charge in [-0.15, -0.1) is 0 Å². The lowest BCUT2D eigenvalue weighted by atomic mass is 10.1. The highest BCUT2D eigenvalue weighted by Crippen LogP contribution is 2.40. The molecule has 1 rings (SSSR count). The lowest BCUT2D eigenvalue weighted by Gasteiger charge is -2.17. The van der Waals surface area contributed by atoms with E-state index in [9.17, 15) is 27.7 Å². The first-order valence-electron chi connectivity index (χ1n) is 4.52. The lowest BCUT2D eigenvalue weighted by Crippen LogP contribution is -2.32. The van der Waals surface area contributed by atoms with Gasteiger partial charge in [0.15, 0.2) is 0 Å². The highest BCUT2D eigenvalue weighted by atomic mass is 79.9. The Kier molecular flexibility index (Phi) is 4.10. The van der Waals surface area contributed by atoms with Gasteiger partial charge in [-0.25, -0.2) is 0 Å². The van der Waals surface area contributed by atoms with Crippen molar-refractivity contribution in [1.82, 2.24) is 0 Å². The number of nitro groups is 1. The Morgan fingerprint density at radius 2 is 1.67 bits per heavy atom. The smallest absolute Gasteiger partial charge is 0.258 e. The zero-order chi connectivity index (χ0) is 14.0. The quantitative estimate of drug-likeness (QED) is 0.359. The first-order chi connectivity index (χ1) is 8.13. The Hall–Kier alpha value is -1.44. The number of non-ortho nitro benzene ring substituents is 1. The second-order valence-electron chi connectivity index (χ2n) is 3.30. The van der Waals surface area contributed by atoms with E-state index in [1.54, 1.807) is 15.9 Å². The van der Waals surface area contributed by atoms with Gasteiger partial charge in [-0.1, -0.05) is 6.08 Å². The molecule has 98 valence electrons. The topological polar surface area (TPSA) is 43.1 Å². The van der Waals surface area contributed by atoms with Crippen molar-refractivity contribution < 1.29 is 22.5 Å². The highest BCUT2D eigenvalue weighted by molar-refractivity contribution is 9.10. The lowest BCUT2D eigenvalue weighted by molar-refractivity contribution is -0.384. The summed E-state index contributed by atoms with van der Waals surface area (Å²) in [6, 6.07) is 4.53. The average molecular weight is 328 g/mol. The molecule has 0 aromatic heterocycles. The van der Waals surface area contributed by atoms with Crippen LogP contribution in [0.25, 0.3) is 6.08 Å². The number of hydrogen-bond acceptors (Lipinski definition) is 2. The van der Waals surface area contributed by atoms with Crippen molar-refractivity contribution in [2.75, 3.05) is 0 Å². The van der Waals surface area contributed by atoms with E-state index in [1.807, 2.05) is 0 Å². The molecule has 1 aromatic carbocycles. The molecule has 0 aliphatic carbocycles. The van der Waals surface area contributed by atoms with Crippen molar-refractivity contribution in [3.05, 3.63) is 46.0 Å². The molecule has 18 heavy (non-hydrogen) atoms. The largest absolute Gasteiger partial charge is 0.367 e.